The van der Waals surface area contributed by atoms with E-state index in [0.29, 0.717) is 13.1 Å². The summed E-state index contributed by atoms with van der Waals surface area (Å²) >= 11 is 0. The van der Waals surface area contributed by atoms with Crippen molar-refractivity contribution in [1.82, 2.24) is 10.3 Å². The fourth-order valence-corrected chi connectivity index (χ4v) is 2.02. The van der Waals surface area contributed by atoms with Crippen LogP contribution in [-0.2, 0) is 13.0 Å². The standard InChI is InChI=1S/C16H19N3O2/c1-11-8-15(20)14(10-18-11)16(21)19-9-13-4-2-12(3-5-13)6-7-17/h2-5,8,10H,6-7,9,17H2,1H3,(H,18,20)(H,19,21). The quantitative estimate of drug-likeness (QED) is 0.769. The molecule has 0 bridgehead atoms. The van der Waals surface area contributed by atoms with Gasteiger partial charge in [0.1, 0.15) is 5.56 Å². The zero-order valence-corrected chi connectivity index (χ0v) is 12.0. The third-order valence-corrected chi connectivity index (χ3v) is 3.21. The number of nitrogens with two attached hydrogens (primary N) is 1. The van der Waals surface area contributed by atoms with Crippen LogP contribution in [0.2, 0.25) is 0 Å². The largest absolute Gasteiger partial charge is 0.364 e. The number of H-pyrrole nitrogens is 1. The molecule has 0 unspecified atom stereocenters. The number of aromatic nitrogens is 1. The Morgan fingerprint density at radius 3 is 2.52 bits per heavy atom. The van der Waals surface area contributed by atoms with Gasteiger partial charge in [0.2, 0.25) is 0 Å². The first kappa shape index (κ1) is 15.0. The van der Waals surface area contributed by atoms with E-state index in [2.05, 4.69) is 10.3 Å². The van der Waals surface area contributed by atoms with E-state index in [4.69, 9.17) is 5.73 Å². The van der Waals surface area contributed by atoms with Crippen molar-refractivity contribution < 1.29 is 4.79 Å². The van der Waals surface area contributed by atoms with Gasteiger partial charge in [-0.1, -0.05) is 24.3 Å². The molecule has 0 aliphatic rings. The van der Waals surface area contributed by atoms with E-state index in [-0.39, 0.29) is 16.9 Å². The summed E-state index contributed by atoms with van der Waals surface area (Å²) in [6.45, 7) is 2.77. The van der Waals surface area contributed by atoms with Gasteiger partial charge >= 0.3 is 0 Å². The normalized spacial score (nSPS) is 10.4. The Labute approximate surface area is 123 Å². The summed E-state index contributed by atoms with van der Waals surface area (Å²) < 4.78 is 0. The number of hydrogen-bond donors (Lipinski definition) is 3. The van der Waals surface area contributed by atoms with Gasteiger partial charge in [0, 0.05) is 24.5 Å². The van der Waals surface area contributed by atoms with Crippen LogP contribution in [0.4, 0.5) is 0 Å². The summed E-state index contributed by atoms with van der Waals surface area (Å²) in [5, 5.41) is 2.74. The predicted molar refractivity (Wildman–Crippen MR) is 82.2 cm³/mol. The Balaban J connectivity index is 1.99. The molecule has 0 aliphatic heterocycles. The van der Waals surface area contributed by atoms with Crippen molar-refractivity contribution in [3.8, 4) is 0 Å². The minimum Gasteiger partial charge on any atom is -0.364 e. The number of hydrogen-bond acceptors (Lipinski definition) is 3. The maximum Gasteiger partial charge on any atom is 0.257 e. The molecule has 0 spiro atoms. The number of aromatic amines is 1. The first-order valence-electron chi connectivity index (χ1n) is 6.85. The van der Waals surface area contributed by atoms with Gasteiger partial charge in [-0.25, -0.2) is 0 Å². The first-order valence-corrected chi connectivity index (χ1v) is 6.85. The fraction of sp³-hybridized carbons (Fsp3) is 0.250. The van der Waals surface area contributed by atoms with Gasteiger partial charge in [0.15, 0.2) is 5.43 Å². The highest BCUT2D eigenvalue weighted by Crippen LogP contribution is 2.05. The summed E-state index contributed by atoms with van der Waals surface area (Å²) in [6.07, 6.45) is 2.28. The lowest BCUT2D eigenvalue weighted by atomic mass is 10.1. The van der Waals surface area contributed by atoms with Crippen molar-refractivity contribution in [3.63, 3.8) is 0 Å². The Hall–Kier alpha value is -2.40. The van der Waals surface area contributed by atoms with Gasteiger partial charge in [-0.05, 0) is 31.0 Å². The third-order valence-electron chi connectivity index (χ3n) is 3.21. The molecule has 0 saturated heterocycles. The average molecular weight is 285 g/mol. The van der Waals surface area contributed by atoms with Crippen molar-refractivity contribution in [2.24, 2.45) is 5.73 Å². The third kappa shape index (κ3) is 4.03. The summed E-state index contributed by atoms with van der Waals surface area (Å²) in [7, 11) is 0. The number of carbonyl (C=O) groups is 1. The van der Waals surface area contributed by atoms with Crippen LogP contribution < -0.4 is 16.5 Å². The number of aryl methyl sites for hydroxylation is 1. The molecule has 21 heavy (non-hydrogen) atoms. The van der Waals surface area contributed by atoms with E-state index >= 15 is 0 Å². The molecule has 0 atom stereocenters. The minimum atomic E-state index is -0.373. The molecular formula is C16H19N3O2. The predicted octanol–water partition coefficient (Wildman–Crippen LogP) is 1.11. The van der Waals surface area contributed by atoms with Crippen LogP contribution >= 0.6 is 0 Å². The molecule has 2 rings (SSSR count). The second kappa shape index (κ2) is 6.85. The van der Waals surface area contributed by atoms with Crippen LogP contribution in [0.3, 0.4) is 0 Å². The zero-order chi connectivity index (χ0) is 15.2. The van der Waals surface area contributed by atoms with Gasteiger partial charge < -0.3 is 16.0 Å². The second-order valence-corrected chi connectivity index (χ2v) is 4.93. The smallest absolute Gasteiger partial charge is 0.257 e. The average Bonchev–Trinajstić information content (AvgIpc) is 2.46. The minimum absolute atomic E-state index is 0.125. The van der Waals surface area contributed by atoms with Crippen molar-refractivity contribution in [2.75, 3.05) is 6.54 Å². The highest BCUT2D eigenvalue weighted by Gasteiger charge is 2.09. The molecule has 2 aromatic rings. The van der Waals surface area contributed by atoms with Crippen molar-refractivity contribution >= 4 is 5.91 Å². The van der Waals surface area contributed by atoms with E-state index in [1.807, 2.05) is 24.3 Å². The Morgan fingerprint density at radius 1 is 1.24 bits per heavy atom. The van der Waals surface area contributed by atoms with Gasteiger partial charge in [-0.3, -0.25) is 9.59 Å². The zero-order valence-electron chi connectivity index (χ0n) is 12.0. The van der Waals surface area contributed by atoms with Gasteiger partial charge in [-0.15, -0.1) is 0 Å². The Bertz CT molecular complexity index is 675. The van der Waals surface area contributed by atoms with Crippen molar-refractivity contribution in [3.05, 3.63) is 69.1 Å². The Kier molecular flexibility index (Phi) is 4.90. The summed E-state index contributed by atoms with van der Waals surface area (Å²) in [6, 6.07) is 9.30. The van der Waals surface area contributed by atoms with Gasteiger partial charge in [0.05, 0.1) is 0 Å². The molecule has 1 amide bonds. The molecule has 5 heteroatoms. The van der Waals surface area contributed by atoms with Crippen LogP contribution in [0, 0.1) is 6.92 Å². The van der Waals surface area contributed by atoms with Crippen LogP contribution in [0.15, 0.2) is 41.3 Å². The second-order valence-electron chi connectivity index (χ2n) is 4.93. The molecule has 110 valence electrons. The topological polar surface area (TPSA) is 88.0 Å². The molecule has 0 saturated carbocycles. The monoisotopic (exact) mass is 285 g/mol. The first-order chi connectivity index (χ1) is 10.1. The molecule has 4 N–H and O–H groups in total. The fourth-order valence-electron chi connectivity index (χ4n) is 2.02. The van der Waals surface area contributed by atoms with Crippen molar-refractivity contribution in [1.29, 1.82) is 0 Å². The van der Waals surface area contributed by atoms with Gasteiger partial charge in [-0.2, -0.15) is 0 Å². The number of rotatable bonds is 5. The Morgan fingerprint density at radius 2 is 1.90 bits per heavy atom. The molecular weight excluding hydrogens is 266 g/mol. The highest BCUT2D eigenvalue weighted by atomic mass is 16.2. The SMILES string of the molecule is Cc1cc(=O)c(C(=O)NCc2ccc(CCN)cc2)c[nH]1. The number of benzene rings is 1. The van der Waals surface area contributed by atoms with E-state index in [9.17, 15) is 9.59 Å². The van der Waals surface area contributed by atoms with Gasteiger partial charge in [0.25, 0.3) is 5.91 Å². The number of carbonyl (C=O) groups excluding carboxylic acids is 1. The number of pyridine rings is 1. The molecule has 0 radical (unpaired) electrons. The summed E-state index contributed by atoms with van der Waals surface area (Å²) in [5.41, 5.74) is 8.22. The van der Waals surface area contributed by atoms with E-state index in [1.165, 1.54) is 17.8 Å². The molecule has 0 fully saturated rings. The molecule has 1 aromatic heterocycles. The van der Waals surface area contributed by atoms with E-state index < -0.39 is 0 Å². The molecule has 5 nitrogen and oxygen atoms in total. The lowest BCUT2D eigenvalue weighted by Crippen LogP contribution is -2.28. The van der Waals surface area contributed by atoms with Crippen molar-refractivity contribution in [2.45, 2.75) is 19.9 Å². The van der Waals surface area contributed by atoms with E-state index in [0.717, 1.165) is 17.7 Å². The molecule has 1 aromatic carbocycles. The lowest BCUT2D eigenvalue weighted by molar-refractivity contribution is 0.0949. The molecule has 1 heterocycles. The summed E-state index contributed by atoms with van der Waals surface area (Å²) in [4.78, 5) is 26.6. The van der Waals surface area contributed by atoms with Crippen LogP contribution in [0.25, 0.3) is 0 Å². The maximum atomic E-state index is 12.0. The van der Waals surface area contributed by atoms with Crippen LogP contribution in [0.1, 0.15) is 27.2 Å². The van der Waals surface area contributed by atoms with Crippen LogP contribution in [0.5, 0.6) is 0 Å². The number of nitrogens with one attached hydrogen (secondary N) is 2. The summed E-state index contributed by atoms with van der Waals surface area (Å²) in [5.74, 6) is -0.373. The maximum absolute atomic E-state index is 12.0. The lowest BCUT2D eigenvalue weighted by Gasteiger charge is -2.06. The van der Waals surface area contributed by atoms with E-state index in [1.54, 1.807) is 6.92 Å². The molecule has 0 aliphatic carbocycles. The number of amides is 1. The highest BCUT2D eigenvalue weighted by molar-refractivity contribution is 5.93. The van der Waals surface area contributed by atoms with Crippen LogP contribution in [-0.4, -0.2) is 17.4 Å².